The summed E-state index contributed by atoms with van der Waals surface area (Å²) in [5, 5.41) is -0.426. The Morgan fingerprint density at radius 1 is 0.758 bits per heavy atom. The lowest BCUT2D eigenvalue weighted by Gasteiger charge is -2.51. The number of amides is 2. The van der Waals surface area contributed by atoms with Crippen molar-refractivity contribution in [3.63, 3.8) is 0 Å². The number of benzene rings is 3. The molecule has 0 radical (unpaired) electrons. The van der Waals surface area contributed by atoms with Gasteiger partial charge in [0.1, 0.15) is 5.54 Å². The van der Waals surface area contributed by atoms with Gasteiger partial charge in [0.2, 0.25) is 16.9 Å². The van der Waals surface area contributed by atoms with Crippen molar-refractivity contribution in [1.82, 2.24) is 4.90 Å². The lowest BCUT2D eigenvalue weighted by atomic mass is 9.58. The SMILES string of the molecule is COSC(=O)C(C)(N1C(=O)CCC1=O)C(c1ccccc1)(c1ccccc1)c1ccccc1. The molecule has 4 rings (SSSR count). The second-order valence-electron chi connectivity index (χ2n) is 8.08. The highest BCUT2D eigenvalue weighted by molar-refractivity contribution is 8.09. The van der Waals surface area contributed by atoms with Crippen molar-refractivity contribution in [2.75, 3.05) is 7.11 Å². The number of carbonyl (C=O) groups excluding carboxylic acids is 3. The van der Waals surface area contributed by atoms with Gasteiger partial charge in [-0.2, -0.15) is 0 Å². The fraction of sp³-hybridized carbons (Fsp3) is 0.222. The maximum Gasteiger partial charge on any atom is 0.243 e. The minimum atomic E-state index is -1.61. The summed E-state index contributed by atoms with van der Waals surface area (Å²) in [5.41, 5.74) is -0.412. The smallest absolute Gasteiger partial charge is 0.243 e. The van der Waals surface area contributed by atoms with Gasteiger partial charge in [-0.05, 0) is 23.6 Å². The Balaban J connectivity index is 2.20. The molecule has 1 aliphatic heterocycles. The van der Waals surface area contributed by atoms with Gasteiger partial charge < -0.3 is 4.18 Å². The molecule has 0 saturated carbocycles. The molecule has 168 valence electrons. The van der Waals surface area contributed by atoms with Crippen LogP contribution in [0.4, 0.5) is 0 Å². The Kier molecular flexibility index (Phi) is 6.49. The molecule has 6 heteroatoms. The second kappa shape index (κ2) is 9.33. The third kappa shape index (κ3) is 3.59. The number of likely N-dealkylation sites (tertiary alicyclic amines) is 1. The Hall–Kier alpha value is -3.22. The Bertz CT molecular complexity index is 1040. The van der Waals surface area contributed by atoms with Crippen LogP contribution in [-0.4, -0.2) is 34.5 Å². The molecule has 33 heavy (non-hydrogen) atoms. The molecular weight excluding hydrogens is 434 g/mol. The van der Waals surface area contributed by atoms with E-state index in [9.17, 15) is 14.4 Å². The van der Waals surface area contributed by atoms with E-state index >= 15 is 0 Å². The molecule has 3 aromatic rings. The van der Waals surface area contributed by atoms with Gasteiger partial charge in [-0.3, -0.25) is 19.3 Å². The first kappa shape index (κ1) is 23.0. The lowest BCUT2D eigenvalue weighted by molar-refractivity contribution is -0.151. The molecule has 1 fully saturated rings. The molecule has 1 heterocycles. The van der Waals surface area contributed by atoms with Gasteiger partial charge in [0.05, 0.1) is 24.6 Å². The summed E-state index contributed by atoms with van der Waals surface area (Å²) in [7, 11) is 1.41. The Morgan fingerprint density at radius 2 is 1.12 bits per heavy atom. The van der Waals surface area contributed by atoms with Crippen LogP contribution in [0.5, 0.6) is 0 Å². The fourth-order valence-electron chi connectivity index (χ4n) is 5.05. The van der Waals surface area contributed by atoms with Crippen molar-refractivity contribution in [2.45, 2.75) is 30.7 Å². The minimum Gasteiger partial charge on any atom is -0.311 e. The summed E-state index contributed by atoms with van der Waals surface area (Å²) in [5.74, 6) is -0.723. The van der Waals surface area contributed by atoms with Crippen molar-refractivity contribution in [3.05, 3.63) is 108 Å². The van der Waals surface area contributed by atoms with Gasteiger partial charge >= 0.3 is 0 Å². The molecule has 0 aliphatic carbocycles. The monoisotopic (exact) mass is 459 g/mol. The minimum absolute atomic E-state index is 0.0772. The normalized spacial score (nSPS) is 16.0. The van der Waals surface area contributed by atoms with Crippen LogP contribution in [0.15, 0.2) is 91.0 Å². The van der Waals surface area contributed by atoms with Crippen LogP contribution in [0.25, 0.3) is 0 Å². The molecule has 2 amide bonds. The lowest BCUT2D eigenvalue weighted by Crippen LogP contribution is -2.66. The van der Waals surface area contributed by atoms with Crippen molar-refractivity contribution in [2.24, 2.45) is 0 Å². The molecule has 1 saturated heterocycles. The number of carbonyl (C=O) groups is 3. The van der Waals surface area contributed by atoms with Gasteiger partial charge in [0.15, 0.2) is 0 Å². The van der Waals surface area contributed by atoms with E-state index in [2.05, 4.69) is 0 Å². The molecular formula is C27H25NO4S. The molecule has 5 nitrogen and oxygen atoms in total. The zero-order chi connectivity index (χ0) is 23.5. The van der Waals surface area contributed by atoms with Crippen molar-refractivity contribution in [3.8, 4) is 0 Å². The second-order valence-corrected chi connectivity index (χ2v) is 8.95. The first-order valence-corrected chi connectivity index (χ1v) is 11.5. The highest BCUT2D eigenvalue weighted by Gasteiger charge is 2.63. The maximum absolute atomic E-state index is 14.0. The zero-order valence-electron chi connectivity index (χ0n) is 18.6. The Labute approximate surface area is 198 Å². The predicted octanol–water partition coefficient (Wildman–Crippen LogP) is 4.75. The number of nitrogens with zero attached hydrogens (tertiary/aromatic N) is 1. The molecule has 0 bridgehead atoms. The summed E-state index contributed by atoms with van der Waals surface area (Å²) in [6, 6.07) is 28.7. The third-order valence-corrected chi connectivity index (χ3v) is 7.12. The number of hydrogen-bond donors (Lipinski definition) is 0. The molecule has 1 unspecified atom stereocenters. The van der Waals surface area contributed by atoms with Crippen LogP contribution in [0, 0.1) is 0 Å². The van der Waals surface area contributed by atoms with Gasteiger partial charge in [0.25, 0.3) is 0 Å². The van der Waals surface area contributed by atoms with Crippen LogP contribution in [-0.2, 0) is 24.0 Å². The first-order chi connectivity index (χ1) is 16.0. The number of hydrogen-bond acceptors (Lipinski definition) is 5. The van der Waals surface area contributed by atoms with Gasteiger partial charge in [-0.25, -0.2) is 0 Å². The van der Waals surface area contributed by atoms with E-state index < -0.39 is 16.1 Å². The molecule has 3 aromatic carbocycles. The summed E-state index contributed by atoms with van der Waals surface area (Å²) in [6.45, 7) is 1.69. The van der Waals surface area contributed by atoms with Gasteiger partial charge in [-0.1, -0.05) is 91.0 Å². The summed E-state index contributed by atoms with van der Waals surface area (Å²) in [4.78, 5) is 41.5. The van der Waals surface area contributed by atoms with Crippen molar-refractivity contribution in [1.29, 1.82) is 0 Å². The zero-order valence-corrected chi connectivity index (χ0v) is 19.4. The summed E-state index contributed by atoms with van der Waals surface area (Å²) in [6.07, 6.45) is 0.154. The van der Waals surface area contributed by atoms with Crippen molar-refractivity contribution < 1.29 is 18.6 Å². The average molecular weight is 460 g/mol. The van der Waals surface area contributed by atoms with E-state index in [-0.39, 0.29) is 24.7 Å². The molecule has 0 aromatic heterocycles. The van der Waals surface area contributed by atoms with Crippen LogP contribution >= 0.6 is 12.0 Å². The third-order valence-electron chi connectivity index (χ3n) is 6.41. The molecule has 1 atom stereocenters. The predicted molar refractivity (Wildman–Crippen MR) is 128 cm³/mol. The van der Waals surface area contributed by atoms with Gasteiger partial charge in [-0.15, -0.1) is 0 Å². The molecule has 0 spiro atoms. The topological polar surface area (TPSA) is 63.7 Å². The van der Waals surface area contributed by atoms with E-state index in [0.29, 0.717) is 12.0 Å². The van der Waals surface area contributed by atoms with Gasteiger partial charge in [0, 0.05) is 12.8 Å². The van der Waals surface area contributed by atoms with E-state index in [4.69, 9.17) is 4.18 Å². The van der Waals surface area contributed by atoms with E-state index in [0.717, 1.165) is 16.7 Å². The van der Waals surface area contributed by atoms with Crippen LogP contribution in [0.1, 0.15) is 36.5 Å². The summed E-state index contributed by atoms with van der Waals surface area (Å²) < 4.78 is 5.20. The molecule has 0 N–H and O–H groups in total. The Morgan fingerprint density at radius 3 is 1.45 bits per heavy atom. The standard InChI is InChI=1S/C27H25NO4S/c1-26(25(31)33-32-2,28-23(29)18-19-24(28)30)27(20-12-6-3-7-13-20,21-14-8-4-9-15-21)22-16-10-5-11-17-22/h3-17H,18-19H2,1-2H3. The highest BCUT2D eigenvalue weighted by atomic mass is 32.2. The van der Waals surface area contributed by atoms with Crippen LogP contribution in [0.3, 0.4) is 0 Å². The van der Waals surface area contributed by atoms with Crippen LogP contribution in [0.2, 0.25) is 0 Å². The highest BCUT2D eigenvalue weighted by Crippen LogP contribution is 2.52. The first-order valence-electron chi connectivity index (χ1n) is 10.8. The van der Waals surface area contributed by atoms with Crippen LogP contribution < -0.4 is 0 Å². The maximum atomic E-state index is 14.0. The summed E-state index contributed by atoms with van der Waals surface area (Å²) >= 11 is 0.655. The number of rotatable bonds is 7. The number of imide groups is 1. The molecule has 1 aliphatic rings. The quantitative estimate of drug-likeness (QED) is 0.290. The van der Waals surface area contributed by atoms with E-state index in [1.807, 2.05) is 91.0 Å². The average Bonchev–Trinajstić information content (AvgIpc) is 3.20. The van der Waals surface area contributed by atoms with E-state index in [1.54, 1.807) is 6.92 Å². The van der Waals surface area contributed by atoms with Crippen molar-refractivity contribution >= 4 is 29.0 Å². The van der Waals surface area contributed by atoms with E-state index in [1.165, 1.54) is 12.0 Å². The largest absolute Gasteiger partial charge is 0.311 e. The fourth-order valence-corrected chi connectivity index (χ4v) is 5.61.